The first-order valence-electron chi connectivity index (χ1n) is 7.37. The predicted octanol–water partition coefficient (Wildman–Crippen LogP) is 1.26. The third-order valence-electron chi connectivity index (χ3n) is 4.57. The van der Waals surface area contributed by atoms with Gasteiger partial charge in [-0.25, -0.2) is 0 Å². The molecule has 3 heteroatoms. The summed E-state index contributed by atoms with van der Waals surface area (Å²) < 4.78 is 0. The molecule has 3 saturated heterocycles. The van der Waals surface area contributed by atoms with Gasteiger partial charge in [0.05, 0.1) is 0 Å². The van der Waals surface area contributed by atoms with Crippen LogP contribution < -0.4 is 5.32 Å². The fraction of sp³-hybridized carbons (Fsp3) is 1.00. The largest absolute Gasteiger partial charge is 0.316 e. The van der Waals surface area contributed by atoms with E-state index in [9.17, 15) is 0 Å². The van der Waals surface area contributed by atoms with E-state index in [4.69, 9.17) is 0 Å². The topological polar surface area (TPSA) is 18.5 Å². The summed E-state index contributed by atoms with van der Waals surface area (Å²) in [6.45, 7) is 13.3. The number of likely N-dealkylation sites (tertiary alicyclic amines) is 2. The van der Waals surface area contributed by atoms with Crippen LogP contribution in [0.4, 0.5) is 0 Å². The minimum atomic E-state index is 0.715. The van der Waals surface area contributed by atoms with Gasteiger partial charge in [-0.15, -0.1) is 0 Å². The second-order valence-electron chi connectivity index (χ2n) is 5.99. The molecule has 0 saturated carbocycles. The van der Waals surface area contributed by atoms with E-state index in [1.807, 2.05) is 13.8 Å². The molecule has 1 spiro atoms. The first-order valence-corrected chi connectivity index (χ1v) is 7.37. The Morgan fingerprint density at radius 1 is 1.12 bits per heavy atom. The maximum absolute atomic E-state index is 3.43. The highest BCUT2D eigenvalue weighted by molar-refractivity contribution is 4.96. The van der Waals surface area contributed by atoms with Crippen molar-refractivity contribution in [2.45, 2.75) is 26.7 Å². The molecule has 3 heterocycles. The number of piperidine rings is 1. The summed E-state index contributed by atoms with van der Waals surface area (Å²) in [6, 6.07) is 0. The van der Waals surface area contributed by atoms with Gasteiger partial charge in [0.2, 0.25) is 0 Å². The van der Waals surface area contributed by atoms with E-state index in [0.29, 0.717) is 5.41 Å². The molecule has 0 bridgehead atoms. The highest BCUT2D eigenvalue weighted by Crippen LogP contribution is 2.35. The summed E-state index contributed by atoms with van der Waals surface area (Å²) in [6.07, 6.45) is 2.87. The summed E-state index contributed by atoms with van der Waals surface area (Å²) in [5, 5.41) is 3.43. The van der Waals surface area contributed by atoms with Gasteiger partial charge in [-0.2, -0.15) is 0 Å². The Morgan fingerprint density at radius 2 is 1.71 bits per heavy atom. The Morgan fingerprint density at radius 3 is 2.12 bits per heavy atom. The number of nitrogens with zero attached hydrogens (tertiary/aromatic N) is 2. The van der Waals surface area contributed by atoms with Crippen LogP contribution >= 0.6 is 0 Å². The first-order chi connectivity index (χ1) is 8.26. The lowest BCUT2D eigenvalue weighted by molar-refractivity contribution is 0.0262. The SMILES string of the molecule is CC.CN1CC(CN2CCC3(CC2)CNC3)C1. The van der Waals surface area contributed by atoms with Crippen molar-refractivity contribution in [2.24, 2.45) is 11.3 Å². The van der Waals surface area contributed by atoms with Gasteiger partial charge in [0, 0.05) is 32.7 Å². The Hall–Kier alpha value is -0.120. The highest BCUT2D eigenvalue weighted by Gasteiger charge is 2.40. The molecule has 1 N–H and O–H groups in total. The Balaban J connectivity index is 0.000000514. The van der Waals surface area contributed by atoms with Crippen molar-refractivity contribution < 1.29 is 0 Å². The summed E-state index contributed by atoms with van der Waals surface area (Å²) in [4.78, 5) is 5.12. The first kappa shape index (κ1) is 13.3. The second kappa shape index (κ2) is 5.68. The molecule has 100 valence electrons. The van der Waals surface area contributed by atoms with Crippen LogP contribution in [0.15, 0.2) is 0 Å². The van der Waals surface area contributed by atoms with Crippen molar-refractivity contribution in [3.63, 3.8) is 0 Å². The summed E-state index contributed by atoms with van der Waals surface area (Å²) in [5.74, 6) is 0.962. The summed E-state index contributed by atoms with van der Waals surface area (Å²) in [5.41, 5.74) is 0.715. The van der Waals surface area contributed by atoms with E-state index < -0.39 is 0 Å². The Labute approximate surface area is 107 Å². The van der Waals surface area contributed by atoms with Crippen molar-refractivity contribution in [2.75, 3.05) is 52.9 Å². The number of rotatable bonds is 2. The van der Waals surface area contributed by atoms with Gasteiger partial charge < -0.3 is 15.1 Å². The van der Waals surface area contributed by atoms with Gasteiger partial charge in [-0.3, -0.25) is 0 Å². The van der Waals surface area contributed by atoms with Crippen LogP contribution in [0.25, 0.3) is 0 Å². The van der Waals surface area contributed by atoms with Crippen molar-refractivity contribution in [1.82, 2.24) is 15.1 Å². The van der Waals surface area contributed by atoms with Gasteiger partial charge >= 0.3 is 0 Å². The third-order valence-corrected chi connectivity index (χ3v) is 4.57. The van der Waals surface area contributed by atoms with Crippen LogP contribution in [0.1, 0.15) is 26.7 Å². The molecule has 0 aromatic rings. The summed E-state index contributed by atoms with van der Waals surface area (Å²) in [7, 11) is 2.22. The quantitative estimate of drug-likeness (QED) is 0.783. The zero-order chi connectivity index (χ0) is 12.3. The number of hydrogen-bond donors (Lipinski definition) is 1. The van der Waals surface area contributed by atoms with E-state index in [2.05, 4.69) is 22.2 Å². The average Bonchev–Trinajstić information content (AvgIpc) is 2.29. The van der Waals surface area contributed by atoms with E-state index in [-0.39, 0.29) is 0 Å². The zero-order valence-corrected chi connectivity index (χ0v) is 11.8. The molecule has 17 heavy (non-hydrogen) atoms. The van der Waals surface area contributed by atoms with Crippen LogP contribution in [-0.2, 0) is 0 Å². The summed E-state index contributed by atoms with van der Waals surface area (Å²) >= 11 is 0. The van der Waals surface area contributed by atoms with Gasteiger partial charge in [0.25, 0.3) is 0 Å². The average molecular weight is 239 g/mol. The number of nitrogens with one attached hydrogen (secondary N) is 1. The van der Waals surface area contributed by atoms with Crippen LogP contribution in [0.3, 0.4) is 0 Å². The molecule has 0 aliphatic carbocycles. The molecule has 0 atom stereocenters. The molecule has 3 aliphatic rings. The molecule has 0 radical (unpaired) electrons. The normalized spacial score (nSPS) is 29.1. The van der Waals surface area contributed by atoms with Gasteiger partial charge in [-0.05, 0) is 44.3 Å². The molecular weight excluding hydrogens is 210 g/mol. The van der Waals surface area contributed by atoms with E-state index in [1.54, 1.807) is 0 Å². The standard InChI is InChI=1S/C12H23N3.C2H6/c1-14-6-11(7-14)8-15-4-2-12(3-5-15)9-13-10-12;1-2/h11,13H,2-10H2,1H3;1-2H3. The minimum Gasteiger partial charge on any atom is -0.316 e. The molecule has 3 aliphatic heterocycles. The van der Waals surface area contributed by atoms with Crippen molar-refractivity contribution in [1.29, 1.82) is 0 Å². The highest BCUT2D eigenvalue weighted by atomic mass is 15.2. The zero-order valence-electron chi connectivity index (χ0n) is 11.8. The second-order valence-corrected chi connectivity index (χ2v) is 5.99. The lowest BCUT2D eigenvalue weighted by Gasteiger charge is -2.49. The van der Waals surface area contributed by atoms with Crippen LogP contribution in [-0.4, -0.2) is 62.7 Å². The van der Waals surface area contributed by atoms with Crippen LogP contribution in [0.2, 0.25) is 0 Å². The minimum absolute atomic E-state index is 0.715. The predicted molar refractivity (Wildman–Crippen MR) is 73.3 cm³/mol. The van der Waals surface area contributed by atoms with Gasteiger partial charge in [0.1, 0.15) is 0 Å². The van der Waals surface area contributed by atoms with Crippen molar-refractivity contribution in [3.8, 4) is 0 Å². The molecule has 3 fully saturated rings. The Kier molecular flexibility index (Phi) is 4.45. The van der Waals surface area contributed by atoms with Gasteiger partial charge in [0.15, 0.2) is 0 Å². The van der Waals surface area contributed by atoms with Crippen molar-refractivity contribution in [3.05, 3.63) is 0 Å². The maximum atomic E-state index is 3.43. The Bertz CT molecular complexity index is 222. The molecule has 0 aromatic heterocycles. The van der Waals surface area contributed by atoms with Crippen LogP contribution in [0.5, 0.6) is 0 Å². The lowest BCUT2D eigenvalue weighted by Crippen LogP contribution is -2.59. The van der Waals surface area contributed by atoms with E-state index in [0.717, 1.165) is 5.92 Å². The maximum Gasteiger partial charge on any atom is 0.00342 e. The smallest absolute Gasteiger partial charge is 0.00342 e. The fourth-order valence-corrected chi connectivity index (χ4v) is 3.35. The monoisotopic (exact) mass is 239 g/mol. The van der Waals surface area contributed by atoms with E-state index in [1.165, 1.54) is 58.7 Å². The third kappa shape index (κ3) is 3.01. The molecule has 0 aromatic carbocycles. The molecule has 3 rings (SSSR count). The molecule has 3 nitrogen and oxygen atoms in total. The molecular formula is C14H29N3. The molecule has 0 amide bonds. The van der Waals surface area contributed by atoms with Crippen LogP contribution in [0, 0.1) is 11.3 Å². The molecule has 0 unspecified atom stereocenters. The number of hydrogen-bond acceptors (Lipinski definition) is 3. The lowest BCUT2D eigenvalue weighted by atomic mass is 9.73. The van der Waals surface area contributed by atoms with Crippen molar-refractivity contribution >= 4 is 0 Å². The van der Waals surface area contributed by atoms with Gasteiger partial charge in [-0.1, -0.05) is 13.8 Å². The fourth-order valence-electron chi connectivity index (χ4n) is 3.35. The van der Waals surface area contributed by atoms with E-state index >= 15 is 0 Å².